The summed E-state index contributed by atoms with van der Waals surface area (Å²) in [7, 11) is 1.57. The number of rotatable bonds is 6. The van der Waals surface area contributed by atoms with Crippen LogP contribution in [0, 0.1) is 0 Å². The Morgan fingerprint density at radius 2 is 1.94 bits per heavy atom. The molecule has 33 heavy (non-hydrogen) atoms. The van der Waals surface area contributed by atoms with Gasteiger partial charge in [0.15, 0.2) is 0 Å². The first-order chi connectivity index (χ1) is 15.9. The predicted molar refractivity (Wildman–Crippen MR) is 120 cm³/mol. The topological polar surface area (TPSA) is 141 Å². The molecule has 4 rings (SSSR count). The highest BCUT2D eigenvalue weighted by Crippen LogP contribution is 2.37. The molecule has 0 saturated carbocycles. The number of benzene rings is 1. The van der Waals surface area contributed by atoms with Crippen molar-refractivity contribution in [1.29, 1.82) is 0 Å². The Kier molecular flexibility index (Phi) is 7.87. The van der Waals surface area contributed by atoms with E-state index in [4.69, 9.17) is 25.1 Å². The van der Waals surface area contributed by atoms with Gasteiger partial charge in [-0.2, -0.15) is 0 Å². The molecule has 0 spiro atoms. The molecule has 0 unspecified atom stereocenters. The highest BCUT2D eigenvalue weighted by atomic mass is 16.5. The van der Waals surface area contributed by atoms with Gasteiger partial charge in [0.2, 0.25) is 17.7 Å². The highest BCUT2D eigenvalue weighted by molar-refractivity contribution is 5.96. The van der Waals surface area contributed by atoms with Crippen molar-refractivity contribution in [3.8, 4) is 17.5 Å². The summed E-state index contributed by atoms with van der Waals surface area (Å²) in [5.41, 5.74) is 9.07. The number of nitrogens with zero attached hydrogens (tertiary/aromatic N) is 4. The Balaban J connectivity index is 0.000000709. The highest BCUT2D eigenvalue weighted by Gasteiger charge is 2.27. The third kappa shape index (κ3) is 6.23. The molecule has 1 amide bonds. The molecule has 0 fully saturated rings. The molecule has 2 aromatic heterocycles. The lowest BCUT2D eigenvalue weighted by atomic mass is 9.99. The summed E-state index contributed by atoms with van der Waals surface area (Å²) in [6.45, 7) is 1.82. The number of anilines is 1. The molecule has 1 aliphatic rings. The van der Waals surface area contributed by atoms with Crippen LogP contribution in [-0.4, -0.2) is 39.0 Å². The van der Waals surface area contributed by atoms with Gasteiger partial charge < -0.3 is 25.2 Å². The third-order valence-electron chi connectivity index (χ3n) is 4.76. The van der Waals surface area contributed by atoms with Crippen LogP contribution in [0.5, 0.6) is 17.5 Å². The van der Waals surface area contributed by atoms with Crippen molar-refractivity contribution in [2.24, 2.45) is 5.73 Å². The molecule has 0 aliphatic carbocycles. The summed E-state index contributed by atoms with van der Waals surface area (Å²) in [5, 5.41) is 7.42. The largest absolute Gasteiger partial charge is 0.481 e. The van der Waals surface area contributed by atoms with Gasteiger partial charge in [-0.25, -0.2) is 15.0 Å². The zero-order valence-electron chi connectivity index (χ0n) is 18.4. The normalized spacial score (nSPS) is 12.3. The minimum Gasteiger partial charge on any atom is -0.481 e. The number of ether oxygens (including phenoxy) is 2. The summed E-state index contributed by atoms with van der Waals surface area (Å²) in [6, 6.07) is 11.1. The van der Waals surface area contributed by atoms with Crippen molar-refractivity contribution in [3.63, 3.8) is 0 Å². The monoisotopic (exact) mass is 451 g/mol. The van der Waals surface area contributed by atoms with Gasteiger partial charge in [0.25, 0.3) is 5.97 Å². The fraction of sp³-hybridized carbons (Fsp3) is 0.261. The maximum atomic E-state index is 12.6. The van der Waals surface area contributed by atoms with Crippen molar-refractivity contribution >= 4 is 17.6 Å². The van der Waals surface area contributed by atoms with E-state index >= 15 is 0 Å². The number of carboxylic acid groups (broad SMARTS) is 1. The van der Waals surface area contributed by atoms with Gasteiger partial charge in [-0.1, -0.05) is 12.1 Å². The SMILES string of the molecule is CC(=O)O.COc1ccc(CN2C(=O)CCc3c(Oc4cc(CN)ncn4)cccc32)cn1. The minimum absolute atomic E-state index is 0.0675. The summed E-state index contributed by atoms with van der Waals surface area (Å²) < 4.78 is 11.1. The Labute approximate surface area is 191 Å². The number of nitrogens with two attached hydrogens (primary N) is 1. The zero-order chi connectivity index (χ0) is 23.8. The number of hydrogen-bond acceptors (Lipinski definition) is 8. The van der Waals surface area contributed by atoms with Gasteiger partial charge in [0.1, 0.15) is 12.1 Å². The van der Waals surface area contributed by atoms with E-state index in [0.717, 1.165) is 23.7 Å². The summed E-state index contributed by atoms with van der Waals surface area (Å²) in [5.74, 6) is 0.876. The molecule has 172 valence electrons. The summed E-state index contributed by atoms with van der Waals surface area (Å²) in [6.07, 6.45) is 4.17. The molecular weight excluding hydrogens is 426 g/mol. The fourth-order valence-corrected chi connectivity index (χ4v) is 3.29. The fourth-order valence-electron chi connectivity index (χ4n) is 3.29. The molecule has 0 atom stereocenters. The van der Waals surface area contributed by atoms with Crippen molar-refractivity contribution < 1.29 is 24.2 Å². The van der Waals surface area contributed by atoms with E-state index in [1.54, 1.807) is 30.3 Å². The standard InChI is InChI=1S/C21H21N5O3.C2H4O2/c1-28-19-7-5-14(11-23-19)12-26-17-3-2-4-18(16(17)6-8-21(26)27)29-20-9-15(10-22)24-13-25-20;1-2(3)4/h2-5,7,9,11,13H,6,8,10,12,22H2,1H3;1H3,(H,3,4). The molecule has 1 aromatic carbocycles. The average Bonchev–Trinajstić information content (AvgIpc) is 2.81. The maximum Gasteiger partial charge on any atom is 0.300 e. The Bertz CT molecular complexity index is 1120. The van der Waals surface area contributed by atoms with Crippen LogP contribution in [0.1, 0.15) is 30.2 Å². The Hall–Kier alpha value is -4.05. The quantitative estimate of drug-likeness (QED) is 0.578. The minimum atomic E-state index is -0.833. The van der Waals surface area contributed by atoms with E-state index in [0.29, 0.717) is 49.1 Å². The molecule has 0 bridgehead atoms. The van der Waals surface area contributed by atoms with Crippen molar-refractivity contribution in [2.45, 2.75) is 32.9 Å². The first-order valence-electron chi connectivity index (χ1n) is 10.2. The smallest absolute Gasteiger partial charge is 0.300 e. The van der Waals surface area contributed by atoms with Gasteiger partial charge >= 0.3 is 0 Å². The second-order valence-corrected chi connectivity index (χ2v) is 7.12. The first kappa shape index (κ1) is 23.6. The predicted octanol–water partition coefficient (Wildman–Crippen LogP) is 2.70. The van der Waals surface area contributed by atoms with Crippen LogP contribution in [0.4, 0.5) is 5.69 Å². The molecule has 10 nitrogen and oxygen atoms in total. The lowest BCUT2D eigenvalue weighted by Gasteiger charge is -2.30. The van der Waals surface area contributed by atoms with Gasteiger partial charge in [-0.05, 0) is 24.1 Å². The van der Waals surface area contributed by atoms with E-state index in [2.05, 4.69) is 15.0 Å². The van der Waals surface area contributed by atoms with Crippen LogP contribution in [0.15, 0.2) is 48.9 Å². The number of hydrogen-bond donors (Lipinski definition) is 2. The number of aromatic nitrogens is 3. The molecule has 0 saturated heterocycles. The van der Waals surface area contributed by atoms with Crippen LogP contribution in [0.2, 0.25) is 0 Å². The lowest BCUT2D eigenvalue weighted by molar-refractivity contribution is -0.134. The van der Waals surface area contributed by atoms with Crippen LogP contribution in [0.25, 0.3) is 0 Å². The summed E-state index contributed by atoms with van der Waals surface area (Å²) in [4.78, 5) is 35.9. The number of methoxy groups -OCH3 is 1. The second-order valence-electron chi connectivity index (χ2n) is 7.12. The lowest BCUT2D eigenvalue weighted by Crippen LogP contribution is -2.34. The number of pyridine rings is 1. The number of aliphatic carboxylic acids is 1. The number of fused-ring (bicyclic) bond motifs is 1. The Morgan fingerprint density at radius 1 is 1.15 bits per heavy atom. The molecule has 3 heterocycles. The number of amides is 1. The van der Waals surface area contributed by atoms with Gasteiger partial charge in [-0.3, -0.25) is 9.59 Å². The van der Waals surface area contributed by atoms with Gasteiger partial charge in [0.05, 0.1) is 25.0 Å². The van der Waals surface area contributed by atoms with E-state index in [1.165, 1.54) is 6.33 Å². The second kappa shape index (κ2) is 11.0. The molecule has 1 aliphatic heterocycles. The van der Waals surface area contributed by atoms with Crippen LogP contribution >= 0.6 is 0 Å². The summed E-state index contributed by atoms with van der Waals surface area (Å²) >= 11 is 0. The van der Waals surface area contributed by atoms with Crippen LogP contribution < -0.4 is 20.1 Å². The molecule has 10 heteroatoms. The molecule has 3 N–H and O–H groups in total. The van der Waals surface area contributed by atoms with E-state index < -0.39 is 5.97 Å². The van der Waals surface area contributed by atoms with Gasteiger partial charge in [0, 0.05) is 43.8 Å². The number of carbonyl (C=O) groups is 2. The van der Waals surface area contributed by atoms with Crippen molar-refractivity contribution in [2.75, 3.05) is 12.0 Å². The van der Waals surface area contributed by atoms with Gasteiger partial charge in [-0.15, -0.1) is 0 Å². The number of carboxylic acids is 1. The molecular formula is C23H25N5O5. The van der Waals surface area contributed by atoms with E-state index in [9.17, 15) is 4.79 Å². The Morgan fingerprint density at radius 3 is 2.61 bits per heavy atom. The third-order valence-corrected chi connectivity index (χ3v) is 4.76. The first-order valence-corrected chi connectivity index (χ1v) is 10.2. The van der Waals surface area contributed by atoms with E-state index in [1.807, 2.05) is 24.3 Å². The average molecular weight is 451 g/mol. The maximum absolute atomic E-state index is 12.6. The number of carbonyl (C=O) groups excluding carboxylic acids is 1. The van der Waals surface area contributed by atoms with Crippen molar-refractivity contribution in [3.05, 3.63) is 65.7 Å². The van der Waals surface area contributed by atoms with Crippen LogP contribution in [0.3, 0.4) is 0 Å². The van der Waals surface area contributed by atoms with Crippen molar-refractivity contribution in [1.82, 2.24) is 15.0 Å². The molecule has 0 radical (unpaired) electrons. The van der Waals surface area contributed by atoms with Crippen LogP contribution in [-0.2, 0) is 29.1 Å². The molecule has 3 aromatic rings. The van der Waals surface area contributed by atoms with E-state index in [-0.39, 0.29) is 5.91 Å². The zero-order valence-corrected chi connectivity index (χ0v) is 18.4.